The number of aryl methyl sites for hydroxylation is 1. The van der Waals surface area contributed by atoms with Crippen molar-refractivity contribution in [1.29, 1.82) is 0 Å². The Morgan fingerprint density at radius 3 is 2.38 bits per heavy atom. The van der Waals surface area contributed by atoms with Crippen LogP contribution in [-0.4, -0.2) is 37.7 Å². The predicted octanol–water partition coefficient (Wildman–Crippen LogP) is 4.22. The molecule has 9 nitrogen and oxygen atoms in total. The number of nitrogens with one attached hydrogen (secondary N) is 3. The molecule has 39 heavy (non-hydrogen) atoms. The van der Waals surface area contributed by atoms with Gasteiger partial charge in [0, 0.05) is 12.2 Å². The third-order valence-corrected chi connectivity index (χ3v) is 6.11. The van der Waals surface area contributed by atoms with Gasteiger partial charge in [0.2, 0.25) is 0 Å². The largest absolute Gasteiger partial charge is 0.493 e. The van der Waals surface area contributed by atoms with Crippen LogP contribution in [0.1, 0.15) is 47.6 Å². The molecule has 0 aromatic heterocycles. The topological polar surface area (TPSA) is 118 Å². The molecule has 9 heteroatoms. The molecule has 3 N–H and O–H groups in total. The van der Waals surface area contributed by atoms with Gasteiger partial charge in [-0.2, -0.15) is 5.10 Å². The van der Waals surface area contributed by atoms with Crippen LogP contribution in [0.25, 0.3) is 0 Å². The quantitative estimate of drug-likeness (QED) is 0.206. The van der Waals surface area contributed by atoms with Crippen molar-refractivity contribution >= 4 is 29.6 Å². The highest BCUT2D eigenvalue weighted by Crippen LogP contribution is 2.27. The number of anilines is 1. The smallest absolute Gasteiger partial charge is 0.329 e. The summed E-state index contributed by atoms with van der Waals surface area (Å²) >= 11 is 0. The summed E-state index contributed by atoms with van der Waals surface area (Å²) in [4.78, 5) is 36.5. The van der Waals surface area contributed by atoms with E-state index in [9.17, 15) is 14.4 Å². The fourth-order valence-electron chi connectivity index (χ4n) is 3.60. The molecule has 0 aliphatic heterocycles. The lowest BCUT2D eigenvalue weighted by atomic mass is 10.0. The first-order chi connectivity index (χ1) is 18.7. The Morgan fingerprint density at radius 2 is 1.69 bits per heavy atom. The van der Waals surface area contributed by atoms with Gasteiger partial charge in [0.25, 0.3) is 5.91 Å². The Balaban J connectivity index is 1.49. The number of methoxy groups -OCH3 is 1. The highest BCUT2D eigenvalue weighted by atomic mass is 16.5. The molecule has 0 saturated carbocycles. The van der Waals surface area contributed by atoms with Crippen molar-refractivity contribution in [3.8, 4) is 11.5 Å². The molecule has 0 atom stereocenters. The van der Waals surface area contributed by atoms with Gasteiger partial charge in [0.05, 0.1) is 13.3 Å². The molecule has 0 fully saturated rings. The van der Waals surface area contributed by atoms with Crippen molar-refractivity contribution in [2.75, 3.05) is 19.0 Å². The number of nitrogens with zero attached hydrogens (tertiary/aromatic N) is 1. The summed E-state index contributed by atoms with van der Waals surface area (Å²) in [7, 11) is 1.47. The number of hydrogen-bond acceptors (Lipinski definition) is 6. The lowest BCUT2D eigenvalue weighted by Crippen LogP contribution is -2.37. The molecule has 3 aromatic rings. The summed E-state index contributed by atoms with van der Waals surface area (Å²) in [5.41, 5.74) is 7.70. The maximum atomic E-state index is 12.4. The molecule has 0 aliphatic rings. The summed E-state index contributed by atoms with van der Waals surface area (Å²) in [6.07, 6.45) is 1.37. The minimum atomic E-state index is -0.883. The van der Waals surface area contributed by atoms with Crippen molar-refractivity contribution in [2.45, 2.75) is 40.2 Å². The van der Waals surface area contributed by atoms with E-state index in [1.807, 2.05) is 56.3 Å². The third kappa shape index (κ3) is 8.43. The maximum absolute atomic E-state index is 12.4. The molecule has 0 aliphatic carbocycles. The lowest BCUT2D eigenvalue weighted by molar-refractivity contribution is -0.139. The second kappa shape index (κ2) is 13.8. The minimum Gasteiger partial charge on any atom is -0.493 e. The second-order valence-electron chi connectivity index (χ2n) is 9.27. The standard InChI is InChI=1S/C30H34N4O5/c1-19(2)24-12-9-22(10-13-24)16-31-29(36)30(37)34-32-17-23-11-14-26(27(15-23)38-5)39-18-28(35)33-25-8-6-7-20(3)21(25)4/h6-15,17,19H,16,18H2,1-5H3,(H,31,36)(H,33,35)(H,34,37)/b32-17-. The summed E-state index contributed by atoms with van der Waals surface area (Å²) in [5.74, 6) is -0.805. The van der Waals surface area contributed by atoms with Crippen LogP contribution >= 0.6 is 0 Å². The average Bonchev–Trinajstić information content (AvgIpc) is 2.93. The number of benzene rings is 3. The summed E-state index contributed by atoms with van der Waals surface area (Å²) in [6.45, 7) is 8.16. The zero-order chi connectivity index (χ0) is 28.4. The Hall–Kier alpha value is -4.66. The number of hydrazone groups is 1. The van der Waals surface area contributed by atoms with E-state index in [1.54, 1.807) is 18.2 Å². The molecular formula is C30H34N4O5. The molecule has 0 radical (unpaired) electrons. The first kappa shape index (κ1) is 28.9. The van der Waals surface area contributed by atoms with E-state index in [0.29, 0.717) is 23.0 Å². The van der Waals surface area contributed by atoms with Crippen molar-refractivity contribution in [1.82, 2.24) is 10.7 Å². The maximum Gasteiger partial charge on any atom is 0.329 e. The monoisotopic (exact) mass is 530 g/mol. The van der Waals surface area contributed by atoms with E-state index in [2.05, 4.69) is 35.0 Å². The summed E-state index contributed by atoms with van der Waals surface area (Å²) in [6, 6.07) is 18.5. The fraction of sp³-hybridized carbons (Fsp3) is 0.267. The minimum absolute atomic E-state index is 0.204. The van der Waals surface area contributed by atoms with Crippen LogP contribution in [0.3, 0.4) is 0 Å². The van der Waals surface area contributed by atoms with Crippen LogP contribution < -0.4 is 25.5 Å². The van der Waals surface area contributed by atoms with Gasteiger partial charge >= 0.3 is 11.8 Å². The van der Waals surface area contributed by atoms with Crippen LogP contribution in [0.5, 0.6) is 11.5 Å². The van der Waals surface area contributed by atoms with Crippen molar-refractivity contribution in [3.05, 3.63) is 88.5 Å². The Morgan fingerprint density at radius 1 is 0.949 bits per heavy atom. The number of amides is 3. The predicted molar refractivity (Wildman–Crippen MR) is 151 cm³/mol. The number of carbonyl (C=O) groups is 3. The van der Waals surface area contributed by atoms with E-state index < -0.39 is 11.8 Å². The average molecular weight is 531 g/mol. The molecule has 204 valence electrons. The zero-order valence-electron chi connectivity index (χ0n) is 22.8. The van der Waals surface area contributed by atoms with Gasteiger partial charge in [0.1, 0.15) is 0 Å². The van der Waals surface area contributed by atoms with Gasteiger partial charge in [-0.05, 0) is 71.8 Å². The molecule has 0 unspecified atom stereocenters. The molecule has 0 heterocycles. The number of hydrogen-bond donors (Lipinski definition) is 3. The number of rotatable bonds is 10. The Labute approximate surface area is 228 Å². The second-order valence-corrected chi connectivity index (χ2v) is 9.27. The Bertz CT molecular complexity index is 1350. The van der Waals surface area contributed by atoms with E-state index in [4.69, 9.17) is 9.47 Å². The normalized spacial score (nSPS) is 10.8. The lowest BCUT2D eigenvalue weighted by Gasteiger charge is -2.13. The van der Waals surface area contributed by atoms with E-state index in [1.165, 1.54) is 18.9 Å². The van der Waals surface area contributed by atoms with Gasteiger partial charge in [-0.15, -0.1) is 0 Å². The molecule has 0 spiro atoms. The first-order valence-corrected chi connectivity index (χ1v) is 12.5. The zero-order valence-corrected chi connectivity index (χ0v) is 22.8. The highest BCUT2D eigenvalue weighted by Gasteiger charge is 2.13. The van der Waals surface area contributed by atoms with Gasteiger partial charge in [-0.3, -0.25) is 14.4 Å². The van der Waals surface area contributed by atoms with E-state index >= 15 is 0 Å². The highest BCUT2D eigenvalue weighted by molar-refractivity contribution is 6.35. The van der Waals surface area contributed by atoms with Crippen LogP contribution in [0.2, 0.25) is 0 Å². The van der Waals surface area contributed by atoms with Gasteiger partial charge in [0.15, 0.2) is 18.1 Å². The van der Waals surface area contributed by atoms with Gasteiger partial charge in [-0.1, -0.05) is 50.2 Å². The van der Waals surface area contributed by atoms with Gasteiger partial charge in [-0.25, -0.2) is 5.43 Å². The first-order valence-electron chi connectivity index (χ1n) is 12.5. The van der Waals surface area contributed by atoms with Crippen LogP contribution in [0.4, 0.5) is 5.69 Å². The summed E-state index contributed by atoms with van der Waals surface area (Å²) in [5, 5.41) is 9.26. The molecule has 0 saturated heterocycles. The van der Waals surface area contributed by atoms with Crippen LogP contribution in [-0.2, 0) is 20.9 Å². The molecule has 0 bridgehead atoms. The van der Waals surface area contributed by atoms with Crippen molar-refractivity contribution in [3.63, 3.8) is 0 Å². The summed E-state index contributed by atoms with van der Waals surface area (Å²) < 4.78 is 11.0. The van der Waals surface area contributed by atoms with Gasteiger partial charge < -0.3 is 20.1 Å². The third-order valence-electron chi connectivity index (χ3n) is 6.11. The molecular weight excluding hydrogens is 496 g/mol. The number of carbonyl (C=O) groups excluding carboxylic acids is 3. The molecule has 3 rings (SSSR count). The Kier molecular flexibility index (Phi) is 10.2. The molecule has 3 amide bonds. The van der Waals surface area contributed by atoms with Crippen molar-refractivity contribution in [2.24, 2.45) is 5.10 Å². The fourth-order valence-corrected chi connectivity index (χ4v) is 3.60. The SMILES string of the molecule is COc1cc(/C=N\NC(=O)C(=O)NCc2ccc(C(C)C)cc2)ccc1OCC(=O)Nc1cccc(C)c1C. The number of ether oxygens (including phenoxy) is 2. The van der Waals surface area contributed by atoms with Crippen LogP contribution in [0, 0.1) is 13.8 Å². The van der Waals surface area contributed by atoms with E-state index in [-0.39, 0.29) is 19.1 Å². The van der Waals surface area contributed by atoms with Crippen LogP contribution in [0.15, 0.2) is 65.8 Å². The van der Waals surface area contributed by atoms with E-state index in [0.717, 1.165) is 22.4 Å². The molecule has 3 aromatic carbocycles. The van der Waals surface area contributed by atoms with Crippen molar-refractivity contribution < 1.29 is 23.9 Å².